The van der Waals surface area contributed by atoms with Crippen molar-refractivity contribution in [3.8, 4) is 0 Å². The first kappa shape index (κ1) is 11.8. The number of nitrogens with one attached hydrogen (secondary N) is 2. The summed E-state index contributed by atoms with van der Waals surface area (Å²) in [6.07, 6.45) is 4.65. The molecule has 2 heterocycles. The molecule has 2 rings (SSSR count). The highest BCUT2D eigenvalue weighted by molar-refractivity contribution is 5.18. The van der Waals surface area contributed by atoms with Gasteiger partial charge in [-0.05, 0) is 26.0 Å². The topological polar surface area (TPSA) is 71.4 Å². The Balaban J connectivity index is 2.27. The third kappa shape index (κ3) is 2.52. The fraction of sp³-hybridized carbons (Fsp3) is 0.545. The van der Waals surface area contributed by atoms with Crippen LogP contribution in [0.2, 0.25) is 0 Å². The largest absolute Gasteiger partial charge is 0.304 e. The average Bonchev–Trinajstić information content (AvgIpc) is 3.00. The standard InChI is InChI=1S/C11H18N6/c1-3-6-12-11(9-8-13-16-15-9)10-5-7-14-17(10)4-2/h5,7-8,11-12H,3-4,6H2,1-2H3,(H,13,15,16). The van der Waals surface area contributed by atoms with E-state index in [4.69, 9.17) is 0 Å². The van der Waals surface area contributed by atoms with Crippen LogP contribution in [0.1, 0.15) is 37.7 Å². The fourth-order valence-corrected chi connectivity index (χ4v) is 1.85. The molecule has 0 aliphatic heterocycles. The summed E-state index contributed by atoms with van der Waals surface area (Å²) in [7, 11) is 0. The summed E-state index contributed by atoms with van der Waals surface area (Å²) in [5.74, 6) is 0. The van der Waals surface area contributed by atoms with Gasteiger partial charge in [-0.1, -0.05) is 6.92 Å². The number of nitrogens with zero attached hydrogens (tertiary/aromatic N) is 4. The average molecular weight is 234 g/mol. The van der Waals surface area contributed by atoms with E-state index < -0.39 is 0 Å². The third-order valence-corrected chi connectivity index (χ3v) is 2.67. The second-order valence-corrected chi connectivity index (χ2v) is 3.85. The van der Waals surface area contributed by atoms with Crippen molar-refractivity contribution < 1.29 is 0 Å². The van der Waals surface area contributed by atoms with Gasteiger partial charge in [-0.25, -0.2) is 0 Å². The molecule has 0 amide bonds. The van der Waals surface area contributed by atoms with Crippen LogP contribution in [0, 0.1) is 0 Å². The quantitative estimate of drug-likeness (QED) is 0.785. The van der Waals surface area contributed by atoms with Gasteiger partial charge in [0.15, 0.2) is 0 Å². The van der Waals surface area contributed by atoms with Crippen molar-refractivity contribution in [1.29, 1.82) is 0 Å². The van der Waals surface area contributed by atoms with E-state index >= 15 is 0 Å². The molecular weight excluding hydrogens is 216 g/mol. The zero-order valence-electron chi connectivity index (χ0n) is 10.2. The van der Waals surface area contributed by atoms with Crippen LogP contribution in [-0.4, -0.2) is 31.7 Å². The molecule has 0 spiro atoms. The highest BCUT2D eigenvalue weighted by Gasteiger charge is 2.19. The Labute approximate surface area is 100 Å². The Morgan fingerprint density at radius 1 is 1.47 bits per heavy atom. The first-order valence-corrected chi connectivity index (χ1v) is 5.97. The molecule has 6 heteroatoms. The lowest BCUT2D eigenvalue weighted by Gasteiger charge is -2.17. The Bertz CT molecular complexity index is 433. The number of aromatic nitrogens is 5. The van der Waals surface area contributed by atoms with Crippen LogP contribution >= 0.6 is 0 Å². The SMILES string of the molecule is CCCNC(c1cn[nH]n1)c1ccnn1CC. The van der Waals surface area contributed by atoms with Crippen molar-refractivity contribution >= 4 is 0 Å². The molecule has 0 radical (unpaired) electrons. The van der Waals surface area contributed by atoms with E-state index in [1.165, 1.54) is 0 Å². The summed E-state index contributed by atoms with van der Waals surface area (Å²) in [6, 6.07) is 2.07. The highest BCUT2D eigenvalue weighted by atomic mass is 15.3. The van der Waals surface area contributed by atoms with Gasteiger partial charge in [-0.2, -0.15) is 20.5 Å². The maximum atomic E-state index is 4.29. The third-order valence-electron chi connectivity index (χ3n) is 2.67. The van der Waals surface area contributed by atoms with E-state index in [0.717, 1.165) is 30.9 Å². The second-order valence-electron chi connectivity index (χ2n) is 3.85. The van der Waals surface area contributed by atoms with Crippen LogP contribution in [0.3, 0.4) is 0 Å². The van der Waals surface area contributed by atoms with Crippen molar-refractivity contribution in [3.63, 3.8) is 0 Å². The van der Waals surface area contributed by atoms with Gasteiger partial charge in [-0.3, -0.25) is 4.68 Å². The lowest BCUT2D eigenvalue weighted by Crippen LogP contribution is -2.26. The predicted octanol–water partition coefficient (Wildman–Crippen LogP) is 1.11. The summed E-state index contributed by atoms with van der Waals surface area (Å²) in [5, 5.41) is 18.4. The summed E-state index contributed by atoms with van der Waals surface area (Å²) in [5.41, 5.74) is 2.02. The molecule has 17 heavy (non-hydrogen) atoms. The van der Waals surface area contributed by atoms with E-state index in [-0.39, 0.29) is 6.04 Å². The summed E-state index contributed by atoms with van der Waals surface area (Å²) < 4.78 is 1.97. The van der Waals surface area contributed by atoms with Crippen LogP contribution in [0.15, 0.2) is 18.5 Å². The zero-order valence-corrected chi connectivity index (χ0v) is 10.2. The summed E-state index contributed by atoms with van der Waals surface area (Å²) >= 11 is 0. The monoisotopic (exact) mass is 234 g/mol. The molecule has 1 unspecified atom stereocenters. The van der Waals surface area contributed by atoms with Crippen molar-refractivity contribution in [2.24, 2.45) is 0 Å². The molecule has 0 saturated carbocycles. The van der Waals surface area contributed by atoms with Gasteiger partial charge in [-0.15, -0.1) is 0 Å². The van der Waals surface area contributed by atoms with Gasteiger partial charge < -0.3 is 5.32 Å². The maximum absolute atomic E-state index is 4.29. The van der Waals surface area contributed by atoms with Crippen molar-refractivity contribution in [2.75, 3.05) is 6.54 Å². The molecule has 0 aliphatic carbocycles. The van der Waals surface area contributed by atoms with Gasteiger partial charge >= 0.3 is 0 Å². The fourth-order valence-electron chi connectivity index (χ4n) is 1.85. The smallest absolute Gasteiger partial charge is 0.105 e. The van der Waals surface area contributed by atoms with Gasteiger partial charge in [0.2, 0.25) is 0 Å². The number of aromatic amines is 1. The first-order chi connectivity index (χ1) is 8.36. The van der Waals surface area contributed by atoms with Gasteiger partial charge in [0, 0.05) is 12.7 Å². The molecule has 0 saturated heterocycles. The van der Waals surface area contributed by atoms with Crippen LogP contribution in [0.25, 0.3) is 0 Å². The molecule has 92 valence electrons. The molecular formula is C11H18N6. The molecule has 6 nitrogen and oxygen atoms in total. The van der Waals surface area contributed by atoms with E-state index in [0.29, 0.717) is 0 Å². The first-order valence-electron chi connectivity index (χ1n) is 5.97. The molecule has 0 bridgehead atoms. The number of rotatable bonds is 6. The maximum Gasteiger partial charge on any atom is 0.105 e. The number of H-pyrrole nitrogens is 1. The lowest BCUT2D eigenvalue weighted by atomic mass is 10.1. The van der Waals surface area contributed by atoms with Crippen molar-refractivity contribution in [1.82, 2.24) is 30.5 Å². The molecule has 2 N–H and O–H groups in total. The number of aryl methyl sites for hydroxylation is 1. The van der Waals surface area contributed by atoms with Gasteiger partial charge in [0.05, 0.1) is 17.9 Å². The number of hydrogen-bond acceptors (Lipinski definition) is 4. The molecule has 2 aromatic heterocycles. The predicted molar refractivity (Wildman–Crippen MR) is 64.4 cm³/mol. The van der Waals surface area contributed by atoms with Crippen molar-refractivity contribution in [2.45, 2.75) is 32.9 Å². The van der Waals surface area contributed by atoms with Crippen LogP contribution in [0.4, 0.5) is 0 Å². The van der Waals surface area contributed by atoms with Crippen molar-refractivity contribution in [3.05, 3.63) is 29.8 Å². The Morgan fingerprint density at radius 3 is 3.00 bits per heavy atom. The van der Waals surface area contributed by atoms with E-state index in [1.54, 1.807) is 6.20 Å². The lowest BCUT2D eigenvalue weighted by molar-refractivity contribution is 0.521. The zero-order chi connectivity index (χ0) is 12.1. The molecule has 0 aliphatic rings. The summed E-state index contributed by atoms with van der Waals surface area (Å²) in [4.78, 5) is 0. The molecule has 2 aromatic rings. The minimum absolute atomic E-state index is 0.0520. The molecule has 1 atom stereocenters. The van der Waals surface area contributed by atoms with Crippen LogP contribution in [-0.2, 0) is 6.54 Å². The molecule has 0 fully saturated rings. The Morgan fingerprint density at radius 2 is 2.35 bits per heavy atom. The van der Waals surface area contributed by atoms with Crippen LogP contribution < -0.4 is 5.32 Å². The van der Waals surface area contributed by atoms with Gasteiger partial charge in [0.25, 0.3) is 0 Å². The Kier molecular flexibility index (Phi) is 3.87. The Hall–Kier alpha value is -1.69. The normalized spacial score (nSPS) is 12.8. The molecule has 0 aromatic carbocycles. The highest BCUT2D eigenvalue weighted by Crippen LogP contribution is 2.19. The van der Waals surface area contributed by atoms with E-state index in [1.807, 2.05) is 16.9 Å². The van der Waals surface area contributed by atoms with Crippen LogP contribution in [0.5, 0.6) is 0 Å². The summed E-state index contributed by atoms with van der Waals surface area (Å²) in [6.45, 7) is 6.01. The number of hydrogen-bond donors (Lipinski definition) is 2. The van der Waals surface area contributed by atoms with E-state index in [2.05, 4.69) is 39.7 Å². The second kappa shape index (κ2) is 5.58. The minimum atomic E-state index is 0.0520. The van der Waals surface area contributed by atoms with Gasteiger partial charge in [0.1, 0.15) is 5.69 Å². The minimum Gasteiger partial charge on any atom is -0.304 e. The van der Waals surface area contributed by atoms with E-state index in [9.17, 15) is 0 Å².